The summed E-state index contributed by atoms with van der Waals surface area (Å²) in [5, 5.41) is 17.0. The van der Waals surface area contributed by atoms with Crippen molar-refractivity contribution in [3.8, 4) is 0 Å². The van der Waals surface area contributed by atoms with Crippen molar-refractivity contribution in [1.29, 1.82) is 0 Å². The predicted molar refractivity (Wildman–Crippen MR) is 37.6 cm³/mol. The smallest absolute Gasteiger partial charge is 0.128 e. The Kier molecular flexibility index (Phi) is 5.59. The summed E-state index contributed by atoms with van der Waals surface area (Å²) in [5.74, 6) is 0. The third kappa shape index (κ3) is 8.50. The summed E-state index contributed by atoms with van der Waals surface area (Å²) in [4.78, 5) is 0. The maximum Gasteiger partial charge on any atom is 0.128 e. The second-order valence-corrected chi connectivity index (χ2v) is 2.81. The molecule has 0 aromatic carbocycles. The lowest BCUT2D eigenvalue weighted by atomic mass is 10.2. The van der Waals surface area contributed by atoms with E-state index in [1.165, 1.54) is 0 Å². The van der Waals surface area contributed by atoms with Gasteiger partial charge < -0.3 is 10.2 Å². The van der Waals surface area contributed by atoms with E-state index in [4.69, 9.17) is 33.4 Å². The second kappa shape index (κ2) is 5.30. The average Bonchev–Trinajstić information content (AvgIpc) is 1.63. The van der Waals surface area contributed by atoms with E-state index in [0.29, 0.717) is 19.3 Å². The Hall–Kier alpha value is 0.500. The summed E-state index contributed by atoms with van der Waals surface area (Å²) >= 11 is 10.4. The highest BCUT2D eigenvalue weighted by Gasteiger charge is 2.00. The Morgan fingerprint density at radius 2 is 1.33 bits per heavy atom. The highest BCUT2D eigenvalue weighted by Crippen LogP contribution is 2.08. The van der Waals surface area contributed by atoms with Crippen LogP contribution in [0.1, 0.15) is 19.3 Å². The first kappa shape index (κ1) is 9.50. The normalized spacial score (nSPS) is 17.3. The number of hydrogen-bond donors (Lipinski definition) is 2. The van der Waals surface area contributed by atoms with Gasteiger partial charge in [-0.1, -0.05) is 23.2 Å². The molecule has 2 unspecified atom stereocenters. The lowest BCUT2D eigenvalue weighted by molar-refractivity contribution is 0.213. The Balaban J connectivity index is 2.91. The molecular weight excluding hydrogens is 163 g/mol. The largest absolute Gasteiger partial charge is 0.378 e. The molecule has 56 valence electrons. The molecule has 2 N–H and O–H groups in total. The monoisotopic (exact) mass is 172 g/mol. The van der Waals surface area contributed by atoms with Gasteiger partial charge in [-0.3, -0.25) is 0 Å². The molecule has 2 nitrogen and oxygen atoms in total. The van der Waals surface area contributed by atoms with Crippen molar-refractivity contribution in [3.05, 3.63) is 0 Å². The summed E-state index contributed by atoms with van der Waals surface area (Å²) in [5.41, 5.74) is -1.61. The zero-order chi connectivity index (χ0) is 7.28. The van der Waals surface area contributed by atoms with E-state index < -0.39 is 11.1 Å². The van der Waals surface area contributed by atoms with Crippen molar-refractivity contribution >= 4 is 23.2 Å². The van der Waals surface area contributed by atoms with Crippen LogP contribution in [-0.4, -0.2) is 21.3 Å². The van der Waals surface area contributed by atoms with Crippen LogP contribution < -0.4 is 0 Å². The van der Waals surface area contributed by atoms with E-state index in [9.17, 15) is 0 Å². The molecule has 9 heavy (non-hydrogen) atoms. The molecule has 0 saturated carbocycles. The minimum Gasteiger partial charge on any atom is -0.378 e. The molecule has 0 saturated heterocycles. The van der Waals surface area contributed by atoms with Crippen LogP contribution in [0.2, 0.25) is 0 Å². The first-order valence-electron chi connectivity index (χ1n) is 2.77. The fraction of sp³-hybridized carbons (Fsp3) is 1.00. The molecule has 0 fully saturated rings. The Labute approximate surface area is 64.4 Å². The van der Waals surface area contributed by atoms with Gasteiger partial charge in [0.25, 0.3) is 0 Å². The van der Waals surface area contributed by atoms with E-state index >= 15 is 0 Å². The fourth-order valence-electron chi connectivity index (χ4n) is 0.455. The summed E-state index contributed by atoms with van der Waals surface area (Å²) in [7, 11) is 0. The zero-order valence-electron chi connectivity index (χ0n) is 4.93. The number of alkyl halides is 2. The van der Waals surface area contributed by atoms with Crippen LogP contribution >= 0.6 is 23.2 Å². The standard InChI is InChI=1S/C5H10Cl2O2/c6-4(8)2-1-3-5(7)9/h4-5,8-9H,1-3H2. The Morgan fingerprint density at radius 3 is 1.56 bits per heavy atom. The zero-order valence-corrected chi connectivity index (χ0v) is 6.44. The highest BCUT2D eigenvalue weighted by atomic mass is 35.5. The minimum absolute atomic E-state index is 0.478. The SMILES string of the molecule is OC(Cl)CCCC(O)Cl. The number of aliphatic hydroxyl groups excluding tert-OH is 2. The van der Waals surface area contributed by atoms with Crippen LogP contribution in [0.5, 0.6) is 0 Å². The number of rotatable bonds is 4. The van der Waals surface area contributed by atoms with Crippen LogP contribution in [0, 0.1) is 0 Å². The summed E-state index contributed by atoms with van der Waals surface area (Å²) in [6.07, 6.45) is 1.60. The molecule has 0 rings (SSSR count). The summed E-state index contributed by atoms with van der Waals surface area (Å²) in [6, 6.07) is 0. The molecule has 0 bridgehead atoms. The second-order valence-electron chi connectivity index (χ2n) is 1.80. The van der Waals surface area contributed by atoms with Crippen LogP contribution in [0.25, 0.3) is 0 Å². The van der Waals surface area contributed by atoms with E-state index in [2.05, 4.69) is 0 Å². The quantitative estimate of drug-likeness (QED) is 0.628. The van der Waals surface area contributed by atoms with Crippen molar-refractivity contribution < 1.29 is 10.2 Å². The minimum atomic E-state index is -0.805. The highest BCUT2D eigenvalue weighted by molar-refractivity contribution is 6.19. The number of halogens is 2. The fourth-order valence-corrected chi connectivity index (χ4v) is 0.763. The van der Waals surface area contributed by atoms with Gasteiger partial charge in [-0.05, 0) is 19.3 Å². The molecule has 0 amide bonds. The van der Waals surface area contributed by atoms with Gasteiger partial charge in [0.2, 0.25) is 0 Å². The van der Waals surface area contributed by atoms with Crippen molar-refractivity contribution in [3.63, 3.8) is 0 Å². The van der Waals surface area contributed by atoms with Gasteiger partial charge in [0.15, 0.2) is 0 Å². The average molecular weight is 173 g/mol. The molecular formula is C5H10Cl2O2. The maximum absolute atomic E-state index is 8.51. The van der Waals surface area contributed by atoms with Crippen molar-refractivity contribution in [2.75, 3.05) is 0 Å². The van der Waals surface area contributed by atoms with E-state index in [1.54, 1.807) is 0 Å². The van der Waals surface area contributed by atoms with Crippen LogP contribution in [0.15, 0.2) is 0 Å². The van der Waals surface area contributed by atoms with E-state index in [1.807, 2.05) is 0 Å². The molecule has 0 aliphatic rings. The first-order chi connectivity index (χ1) is 4.13. The van der Waals surface area contributed by atoms with Crippen molar-refractivity contribution in [2.24, 2.45) is 0 Å². The molecule has 0 radical (unpaired) electrons. The summed E-state index contributed by atoms with van der Waals surface area (Å²) in [6.45, 7) is 0. The van der Waals surface area contributed by atoms with Gasteiger partial charge >= 0.3 is 0 Å². The lowest BCUT2D eigenvalue weighted by Gasteiger charge is -2.01. The van der Waals surface area contributed by atoms with Gasteiger partial charge in [0.05, 0.1) is 0 Å². The van der Waals surface area contributed by atoms with Gasteiger partial charge in [-0.2, -0.15) is 0 Å². The molecule has 4 heteroatoms. The van der Waals surface area contributed by atoms with Crippen LogP contribution in [-0.2, 0) is 0 Å². The Morgan fingerprint density at radius 1 is 1.00 bits per heavy atom. The Bertz CT molecular complexity index is 58.0. The topological polar surface area (TPSA) is 40.5 Å². The predicted octanol–water partition coefficient (Wildman–Crippen LogP) is 1.27. The molecule has 0 aliphatic heterocycles. The molecule has 0 heterocycles. The number of hydrogen-bond acceptors (Lipinski definition) is 2. The molecule has 0 aliphatic carbocycles. The van der Waals surface area contributed by atoms with E-state index in [-0.39, 0.29) is 0 Å². The molecule has 2 atom stereocenters. The van der Waals surface area contributed by atoms with Gasteiger partial charge in [0, 0.05) is 0 Å². The maximum atomic E-state index is 8.51. The van der Waals surface area contributed by atoms with E-state index in [0.717, 1.165) is 0 Å². The first-order valence-corrected chi connectivity index (χ1v) is 3.64. The molecule has 0 spiro atoms. The van der Waals surface area contributed by atoms with Crippen LogP contribution in [0.3, 0.4) is 0 Å². The number of aliphatic hydroxyl groups is 2. The van der Waals surface area contributed by atoms with Crippen molar-refractivity contribution in [1.82, 2.24) is 0 Å². The third-order valence-corrected chi connectivity index (χ3v) is 1.32. The third-order valence-electron chi connectivity index (χ3n) is 0.885. The molecule has 0 aromatic rings. The van der Waals surface area contributed by atoms with Gasteiger partial charge in [-0.15, -0.1) is 0 Å². The van der Waals surface area contributed by atoms with Gasteiger partial charge in [-0.25, -0.2) is 0 Å². The molecule has 0 aromatic heterocycles. The lowest BCUT2D eigenvalue weighted by Crippen LogP contribution is -1.99. The van der Waals surface area contributed by atoms with Gasteiger partial charge in [0.1, 0.15) is 11.1 Å². The van der Waals surface area contributed by atoms with Crippen LogP contribution in [0.4, 0.5) is 0 Å². The van der Waals surface area contributed by atoms with Crippen molar-refractivity contribution in [2.45, 2.75) is 30.4 Å². The summed E-state index contributed by atoms with van der Waals surface area (Å²) < 4.78 is 0.